The molecule has 0 radical (unpaired) electrons. The van der Waals surface area contributed by atoms with Crippen molar-refractivity contribution >= 4 is 41.3 Å². The largest absolute Gasteiger partial charge is 0.441 e. The van der Waals surface area contributed by atoms with Crippen molar-refractivity contribution in [2.24, 2.45) is 23.4 Å². The first-order valence-electron chi connectivity index (χ1n) is 11.1. The van der Waals surface area contributed by atoms with Crippen LogP contribution in [-0.4, -0.2) is 61.6 Å². The number of aromatic nitrogens is 6. The molecule has 3 aromatic heterocycles. The molecule has 3 aromatic rings. The number of alkyl halides is 2. The second-order valence-corrected chi connectivity index (χ2v) is 8.80. The number of hydrogen-bond acceptors (Lipinski definition) is 9. The Bertz CT molecular complexity index is 1390. The molecule has 0 aliphatic heterocycles. The van der Waals surface area contributed by atoms with E-state index in [1.165, 1.54) is 44.3 Å². The van der Waals surface area contributed by atoms with E-state index in [4.69, 9.17) is 16.3 Å². The molecule has 1 saturated carbocycles. The maximum atomic E-state index is 13.5. The van der Waals surface area contributed by atoms with Gasteiger partial charge in [0, 0.05) is 31.8 Å². The summed E-state index contributed by atoms with van der Waals surface area (Å²) in [7, 11) is 2.91. The molecule has 0 saturated heterocycles. The van der Waals surface area contributed by atoms with Crippen LogP contribution in [0.25, 0.3) is 11.5 Å². The number of halogens is 4. The maximum absolute atomic E-state index is 13.5. The van der Waals surface area contributed by atoms with E-state index in [1.54, 1.807) is 0 Å². The van der Waals surface area contributed by atoms with Gasteiger partial charge in [0.05, 0.1) is 29.7 Å². The number of nitrogens with zero attached hydrogens (tertiary/aromatic N) is 7. The van der Waals surface area contributed by atoms with Crippen molar-refractivity contribution in [3.05, 3.63) is 41.2 Å². The molecular formula is C22H21ClF3N9O3. The second-order valence-electron chi connectivity index (χ2n) is 8.44. The zero-order chi connectivity index (χ0) is 27.6. The fourth-order valence-electron chi connectivity index (χ4n) is 3.80. The van der Waals surface area contributed by atoms with Crippen LogP contribution in [-0.2, 0) is 16.6 Å². The molecule has 0 unspecified atom stereocenters. The molecule has 0 aromatic carbocycles. The number of ether oxygens (including phenoxy) is 1. The summed E-state index contributed by atoms with van der Waals surface area (Å²) in [6.07, 6.45) is 0.149. The molecule has 1 aliphatic rings. The first kappa shape index (κ1) is 26.9. The normalized spacial score (nSPS) is 19.4. The van der Waals surface area contributed by atoms with Crippen LogP contribution >= 0.6 is 11.6 Å². The Labute approximate surface area is 218 Å². The van der Waals surface area contributed by atoms with Crippen LogP contribution in [0.4, 0.5) is 29.5 Å². The predicted octanol–water partition coefficient (Wildman–Crippen LogP) is 3.68. The minimum atomic E-state index is -2.66. The molecule has 16 heteroatoms. The van der Waals surface area contributed by atoms with Crippen molar-refractivity contribution in [2.75, 3.05) is 17.7 Å². The van der Waals surface area contributed by atoms with Crippen LogP contribution in [0.3, 0.4) is 0 Å². The quantitative estimate of drug-likeness (QED) is 0.318. The molecule has 0 spiro atoms. The number of aryl methyl sites for hydroxylation is 1. The van der Waals surface area contributed by atoms with E-state index in [0.29, 0.717) is 0 Å². The van der Waals surface area contributed by atoms with Crippen molar-refractivity contribution in [3.63, 3.8) is 0 Å². The SMILES string of the molecule is C/N=C\[C@@]1(C(=O)Nc2cnc(-c3nnn(C)c3NC(=O)O[C@H](C)c3cc(F)cnc3Cl)nc2)C[C@H]1C(F)F. The lowest BCUT2D eigenvalue weighted by Crippen LogP contribution is -2.29. The van der Waals surface area contributed by atoms with Crippen LogP contribution in [0, 0.1) is 17.2 Å². The van der Waals surface area contributed by atoms with Crippen molar-refractivity contribution in [1.29, 1.82) is 0 Å². The van der Waals surface area contributed by atoms with Crippen LogP contribution in [0.15, 0.2) is 29.6 Å². The van der Waals surface area contributed by atoms with Gasteiger partial charge in [-0.3, -0.25) is 15.1 Å². The molecule has 0 bridgehead atoms. The number of aliphatic imine (C=N–C) groups is 1. The molecule has 2 amide bonds. The summed E-state index contributed by atoms with van der Waals surface area (Å²) in [5.41, 5.74) is -0.971. The monoisotopic (exact) mass is 551 g/mol. The van der Waals surface area contributed by atoms with E-state index < -0.39 is 41.7 Å². The third kappa shape index (κ3) is 5.41. The first-order valence-corrected chi connectivity index (χ1v) is 11.5. The smallest absolute Gasteiger partial charge is 0.413 e. The Morgan fingerprint density at radius 2 is 1.97 bits per heavy atom. The van der Waals surface area contributed by atoms with Crippen molar-refractivity contribution in [1.82, 2.24) is 29.9 Å². The third-order valence-electron chi connectivity index (χ3n) is 5.87. The number of carbonyl (C=O) groups is 2. The molecule has 1 aliphatic carbocycles. The van der Waals surface area contributed by atoms with Gasteiger partial charge >= 0.3 is 6.09 Å². The maximum Gasteiger partial charge on any atom is 0.413 e. The van der Waals surface area contributed by atoms with E-state index in [1.807, 2.05) is 0 Å². The fourth-order valence-corrected chi connectivity index (χ4v) is 4.06. The van der Waals surface area contributed by atoms with Gasteiger partial charge < -0.3 is 10.1 Å². The predicted molar refractivity (Wildman–Crippen MR) is 129 cm³/mol. The summed E-state index contributed by atoms with van der Waals surface area (Å²) in [6.45, 7) is 1.49. The van der Waals surface area contributed by atoms with Gasteiger partial charge in [0.25, 0.3) is 0 Å². The highest BCUT2D eigenvalue weighted by Gasteiger charge is 2.63. The zero-order valence-electron chi connectivity index (χ0n) is 20.2. The van der Waals surface area contributed by atoms with Gasteiger partial charge in [0.2, 0.25) is 12.3 Å². The average Bonchev–Trinajstić information content (AvgIpc) is 3.51. The number of anilines is 2. The summed E-state index contributed by atoms with van der Waals surface area (Å²) in [6, 6.07) is 1.10. The van der Waals surface area contributed by atoms with E-state index in [-0.39, 0.29) is 40.2 Å². The van der Waals surface area contributed by atoms with E-state index >= 15 is 0 Å². The molecular weight excluding hydrogens is 531 g/mol. The first-order chi connectivity index (χ1) is 18.1. The summed E-state index contributed by atoms with van der Waals surface area (Å²) in [5.74, 6) is -2.28. The summed E-state index contributed by atoms with van der Waals surface area (Å²) in [5, 5.41) is 12.8. The summed E-state index contributed by atoms with van der Waals surface area (Å²) in [4.78, 5) is 40.9. The Hall–Kier alpha value is -4.14. The molecule has 12 nitrogen and oxygen atoms in total. The van der Waals surface area contributed by atoms with Crippen LogP contribution in [0.2, 0.25) is 5.15 Å². The lowest BCUT2D eigenvalue weighted by atomic mass is 10.0. The lowest BCUT2D eigenvalue weighted by Gasteiger charge is -2.15. The Morgan fingerprint density at radius 1 is 1.26 bits per heavy atom. The third-order valence-corrected chi connectivity index (χ3v) is 6.18. The minimum Gasteiger partial charge on any atom is -0.441 e. The highest BCUT2D eigenvalue weighted by atomic mass is 35.5. The van der Waals surface area contributed by atoms with Gasteiger partial charge in [-0.05, 0) is 19.4 Å². The van der Waals surface area contributed by atoms with E-state index in [9.17, 15) is 22.8 Å². The van der Waals surface area contributed by atoms with Gasteiger partial charge in [0.15, 0.2) is 17.3 Å². The number of amides is 2. The van der Waals surface area contributed by atoms with Crippen LogP contribution in [0.1, 0.15) is 25.0 Å². The molecule has 3 atom stereocenters. The molecule has 3 heterocycles. The number of hydrogen-bond donors (Lipinski definition) is 2. The molecule has 38 heavy (non-hydrogen) atoms. The highest BCUT2D eigenvalue weighted by Crippen LogP contribution is 2.55. The van der Waals surface area contributed by atoms with Gasteiger partial charge in [-0.25, -0.2) is 37.6 Å². The van der Waals surface area contributed by atoms with Crippen LogP contribution < -0.4 is 10.6 Å². The van der Waals surface area contributed by atoms with Gasteiger partial charge in [0.1, 0.15) is 17.1 Å². The molecule has 1 fully saturated rings. The average molecular weight is 552 g/mol. The second kappa shape index (κ2) is 10.7. The zero-order valence-corrected chi connectivity index (χ0v) is 20.9. The number of nitrogens with one attached hydrogen (secondary N) is 2. The summed E-state index contributed by atoms with van der Waals surface area (Å²) < 4.78 is 46.3. The Morgan fingerprint density at radius 3 is 2.61 bits per heavy atom. The molecule has 4 rings (SSSR count). The summed E-state index contributed by atoms with van der Waals surface area (Å²) >= 11 is 5.96. The number of carbonyl (C=O) groups excluding carboxylic acids is 2. The van der Waals surface area contributed by atoms with E-state index in [2.05, 4.69) is 40.9 Å². The molecule has 2 N–H and O–H groups in total. The fraction of sp³-hybridized carbons (Fsp3) is 0.364. The van der Waals surface area contributed by atoms with Gasteiger partial charge in [-0.1, -0.05) is 16.8 Å². The van der Waals surface area contributed by atoms with E-state index in [0.717, 1.165) is 12.3 Å². The molecule has 200 valence electrons. The van der Waals surface area contributed by atoms with Gasteiger partial charge in [-0.15, -0.1) is 5.10 Å². The van der Waals surface area contributed by atoms with Gasteiger partial charge in [-0.2, -0.15) is 0 Å². The lowest BCUT2D eigenvalue weighted by molar-refractivity contribution is -0.119. The van der Waals surface area contributed by atoms with Crippen molar-refractivity contribution < 1.29 is 27.5 Å². The number of rotatable bonds is 8. The Balaban J connectivity index is 1.45. The standard InChI is InChI=1S/C22H21ClF3N9O3/c1-10(13-4-11(24)6-28-16(13)23)38-21(37)32-19-15(33-34-35(19)3)18-29-7-12(8-30-18)31-20(36)22(9-27-2)5-14(22)17(25)26/h4,6-10,14,17H,5H2,1-3H3,(H,31,36)(H,32,37)/b27-9-/t10-,14+,22+/m1/s1. The highest BCUT2D eigenvalue weighted by molar-refractivity contribution is 6.30. The number of pyridine rings is 1. The van der Waals surface area contributed by atoms with Crippen molar-refractivity contribution in [3.8, 4) is 11.5 Å². The topological polar surface area (TPSA) is 149 Å². The van der Waals surface area contributed by atoms with Crippen molar-refractivity contribution in [2.45, 2.75) is 25.9 Å². The van der Waals surface area contributed by atoms with Crippen LogP contribution in [0.5, 0.6) is 0 Å². The Kier molecular flexibility index (Phi) is 7.57. The minimum absolute atomic E-state index is 0.0158.